The van der Waals surface area contributed by atoms with Gasteiger partial charge in [-0.3, -0.25) is 4.90 Å². The van der Waals surface area contributed by atoms with Gasteiger partial charge in [0.05, 0.1) is 18.3 Å². The summed E-state index contributed by atoms with van der Waals surface area (Å²) < 4.78 is 5.85. The molecule has 1 N–H and O–H groups in total. The number of nitrogens with zero attached hydrogens (tertiary/aromatic N) is 1. The summed E-state index contributed by atoms with van der Waals surface area (Å²) >= 11 is 0. The summed E-state index contributed by atoms with van der Waals surface area (Å²) in [5, 5.41) is 8.76. The Bertz CT molecular complexity index is 153. The Morgan fingerprint density at radius 2 is 2.15 bits per heavy atom. The highest BCUT2D eigenvalue weighted by atomic mass is 16.5. The van der Waals surface area contributed by atoms with Gasteiger partial charge in [0.25, 0.3) is 0 Å². The van der Waals surface area contributed by atoms with Gasteiger partial charge in [-0.05, 0) is 27.2 Å². The fourth-order valence-electron chi connectivity index (χ4n) is 1.74. The molecule has 0 aromatic rings. The molecule has 1 saturated heterocycles. The molecule has 1 rings (SSSR count). The summed E-state index contributed by atoms with van der Waals surface area (Å²) in [6.07, 6.45) is 1.45. The minimum Gasteiger partial charge on any atom is -0.395 e. The highest BCUT2D eigenvalue weighted by Gasteiger charge is 2.26. The summed E-state index contributed by atoms with van der Waals surface area (Å²) in [5.41, 5.74) is -0.0418. The lowest BCUT2D eigenvalue weighted by Crippen LogP contribution is -2.31. The highest BCUT2D eigenvalue weighted by molar-refractivity contribution is 4.78. The number of ether oxygens (including phenoxy) is 1. The molecule has 0 aromatic heterocycles. The zero-order chi connectivity index (χ0) is 9.90. The SMILES string of the molecule is CC(C)(C)OC1CCN(CCO)C1. The van der Waals surface area contributed by atoms with E-state index in [1.807, 2.05) is 0 Å². The molecule has 78 valence electrons. The number of hydrogen-bond donors (Lipinski definition) is 1. The van der Waals surface area contributed by atoms with Crippen LogP contribution in [0.2, 0.25) is 0 Å². The zero-order valence-electron chi connectivity index (χ0n) is 8.92. The molecule has 1 aliphatic rings. The molecule has 13 heavy (non-hydrogen) atoms. The van der Waals surface area contributed by atoms with Gasteiger partial charge in [-0.25, -0.2) is 0 Å². The third-order valence-corrected chi connectivity index (χ3v) is 2.17. The van der Waals surface area contributed by atoms with Crippen molar-refractivity contribution in [1.29, 1.82) is 0 Å². The first-order valence-electron chi connectivity index (χ1n) is 5.02. The van der Waals surface area contributed by atoms with Crippen LogP contribution in [0.5, 0.6) is 0 Å². The number of likely N-dealkylation sites (tertiary alicyclic amines) is 1. The van der Waals surface area contributed by atoms with Crippen molar-refractivity contribution in [2.75, 3.05) is 26.2 Å². The Morgan fingerprint density at radius 3 is 2.69 bits per heavy atom. The fraction of sp³-hybridized carbons (Fsp3) is 1.00. The first-order valence-corrected chi connectivity index (χ1v) is 5.02. The van der Waals surface area contributed by atoms with Gasteiger partial charge in [-0.15, -0.1) is 0 Å². The molecule has 0 radical (unpaired) electrons. The van der Waals surface area contributed by atoms with Crippen LogP contribution >= 0.6 is 0 Å². The smallest absolute Gasteiger partial charge is 0.0721 e. The number of β-amino-alcohol motifs (C(OH)–C–C–N with tert-alkyl or cyclic N) is 1. The van der Waals surface area contributed by atoms with E-state index in [-0.39, 0.29) is 12.2 Å². The second-order valence-corrected chi connectivity index (χ2v) is 4.67. The number of aliphatic hydroxyl groups excluding tert-OH is 1. The largest absolute Gasteiger partial charge is 0.395 e. The number of hydrogen-bond acceptors (Lipinski definition) is 3. The van der Waals surface area contributed by atoms with E-state index in [4.69, 9.17) is 9.84 Å². The summed E-state index contributed by atoms with van der Waals surface area (Å²) in [4.78, 5) is 2.25. The van der Waals surface area contributed by atoms with Crippen LogP contribution in [0, 0.1) is 0 Å². The molecule has 0 bridgehead atoms. The van der Waals surface area contributed by atoms with Crippen LogP contribution in [0.25, 0.3) is 0 Å². The molecule has 1 aliphatic heterocycles. The van der Waals surface area contributed by atoms with Crippen molar-refractivity contribution in [2.45, 2.75) is 38.9 Å². The topological polar surface area (TPSA) is 32.7 Å². The van der Waals surface area contributed by atoms with Gasteiger partial charge in [-0.2, -0.15) is 0 Å². The van der Waals surface area contributed by atoms with Crippen molar-refractivity contribution in [3.63, 3.8) is 0 Å². The van der Waals surface area contributed by atoms with Gasteiger partial charge >= 0.3 is 0 Å². The van der Waals surface area contributed by atoms with Crippen LogP contribution in [0.1, 0.15) is 27.2 Å². The number of aliphatic hydroxyl groups is 1. The molecular formula is C10H21NO2. The van der Waals surface area contributed by atoms with Crippen molar-refractivity contribution >= 4 is 0 Å². The molecule has 1 fully saturated rings. The maximum atomic E-state index is 8.76. The fourth-order valence-corrected chi connectivity index (χ4v) is 1.74. The quantitative estimate of drug-likeness (QED) is 0.711. The van der Waals surface area contributed by atoms with Gasteiger partial charge in [-0.1, -0.05) is 0 Å². The normalized spacial score (nSPS) is 25.4. The van der Waals surface area contributed by atoms with Crippen LogP contribution in [0.4, 0.5) is 0 Å². The van der Waals surface area contributed by atoms with Crippen molar-refractivity contribution in [1.82, 2.24) is 4.90 Å². The van der Waals surface area contributed by atoms with E-state index in [1.165, 1.54) is 0 Å². The standard InChI is InChI=1S/C10H21NO2/c1-10(2,3)13-9-4-5-11(8-9)6-7-12/h9,12H,4-8H2,1-3H3. The van der Waals surface area contributed by atoms with Crippen LogP contribution in [0.15, 0.2) is 0 Å². The Hall–Kier alpha value is -0.120. The lowest BCUT2D eigenvalue weighted by Gasteiger charge is -2.24. The van der Waals surface area contributed by atoms with Crippen LogP contribution < -0.4 is 0 Å². The molecular weight excluding hydrogens is 166 g/mol. The molecule has 0 amide bonds. The van der Waals surface area contributed by atoms with E-state index in [9.17, 15) is 0 Å². The Kier molecular flexibility index (Phi) is 3.71. The van der Waals surface area contributed by atoms with Crippen molar-refractivity contribution in [2.24, 2.45) is 0 Å². The maximum Gasteiger partial charge on any atom is 0.0721 e. The average Bonchev–Trinajstić information content (AvgIpc) is 2.33. The van der Waals surface area contributed by atoms with Crippen LogP contribution in [0.3, 0.4) is 0 Å². The third kappa shape index (κ3) is 4.07. The van der Waals surface area contributed by atoms with Crippen molar-refractivity contribution in [3.05, 3.63) is 0 Å². The predicted molar refractivity (Wildman–Crippen MR) is 52.8 cm³/mol. The second-order valence-electron chi connectivity index (χ2n) is 4.67. The van der Waals surface area contributed by atoms with Crippen LogP contribution in [-0.2, 0) is 4.74 Å². The van der Waals surface area contributed by atoms with E-state index in [0.717, 1.165) is 26.1 Å². The summed E-state index contributed by atoms with van der Waals surface area (Å²) in [6.45, 7) is 9.32. The lowest BCUT2D eigenvalue weighted by atomic mass is 10.2. The summed E-state index contributed by atoms with van der Waals surface area (Å²) in [6, 6.07) is 0. The zero-order valence-corrected chi connectivity index (χ0v) is 8.92. The highest BCUT2D eigenvalue weighted by Crippen LogP contribution is 2.18. The summed E-state index contributed by atoms with van der Waals surface area (Å²) in [5.74, 6) is 0. The van der Waals surface area contributed by atoms with E-state index in [2.05, 4.69) is 25.7 Å². The first-order chi connectivity index (χ1) is 6.01. The molecule has 0 aromatic carbocycles. The lowest BCUT2D eigenvalue weighted by molar-refractivity contribution is -0.0541. The van der Waals surface area contributed by atoms with E-state index >= 15 is 0 Å². The van der Waals surface area contributed by atoms with E-state index in [0.29, 0.717) is 6.10 Å². The van der Waals surface area contributed by atoms with E-state index < -0.39 is 0 Å². The molecule has 1 heterocycles. The minimum absolute atomic E-state index is 0.0418. The number of rotatable bonds is 3. The van der Waals surface area contributed by atoms with Gasteiger partial charge in [0.2, 0.25) is 0 Å². The monoisotopic (exact) mass is 187 g/mol. The van der Waals surface area contributed by atoms with Crippen molar-refractivity contribution in [3.8, 4) is 0 Å². The molecule has 3 nitrogen and oxygen atoms in total. The summed E-state index contributed by atoms with van der Waals surface area (Å²) in [7, 11) is 0. The molecule has 1 unspecified atom stereocenters. The Labute approximate surface area is 80.7 Å². The molecule has 3 heteroatoms. The molecule has 1 atom stereocenters. The molecule has 0 aliphatic carbocycles. The average molecular weight is 187 g/mol. The van der Waals surface area contributed by atoms with Crippen molar-refractivity contribution < 1.29 is 9.84 Å². The first kappa shape index (κ1) is 11.0. The minimum atomic E-state index is -0.0418. The van der Waals surface area contributed by atoms with E-state index in [1.54, 1.807) is 0 Å². The van der Waals surface area contributed by atoms with Gasteiger partial charge in [0.1, 0.15) is 0 Å². The predicted octanol–water partition coefficient (Wildman–Crippen LogP) is 0.868. The second kappa shape index (κ2) is 4.40. The van der Waals surface area contributed by atoms with Gasteiger partial charge < -0.3 is 9.84 Å². The Balaban J connectivity index is 2.25. The van der Waals surface area contributed by atoms with Gasteiger partial charge in [0.15, 0.2) is 0 Å². The Morgan fingerprint density at radius 1 is 1.46 bits per heavy atom. The van der Waals surface area contributed by atoms with Gasteiger partial charge in [0, 0.05) is 19.6 Å². The maximum absolute atomic E-state index is 8.76. The third-order valence-electron chi connectivity index (χ3n) is 2.17. The van der Waals surface area contributed by atoms with Crippen LogP contribution in [-0.4, -0.2) is 48.0 Å². The molecule has 0 saturated carbocycles. The molecule has 0 spiro atoms.